The van der Waals surface area contributed by atoms with Crippen LogP contribution in [0.3, 0.4) is 0 Å². The number of nitrogens with zero attached hydrogens (tertiary/aromatic N) is 1. The Morgan fingerprint density at radius 3 is 2.38 bits per heavy atom. The average molecular weight is 251 g/mol. The molecule has 0 radical (unpaired) electrons. The molecule has 0 saturated carbocycles. The van der Waals surface area contributed by atoms with Crippen molar-refractivity contribution in [2.45, 2.75) is 31.4 Å². The van der Waals surface area contributed by atoms with E-state index in [9.17, 15) is 8.42 Å². The quantitative estimate of drug-likeness (QED) is 0.565. The lowest BCUT2D eigenvalue weighted by Gasteiger charge is -2.15. The molecule has 3 N–H and O–H groups in total. The molecule has 0 fully saturated rings. The van der Waals surface area contributed by atoms with Crippen LogP contribution in [-0.2, 0) is 10.0 Å². The van der Waals surface area contributed by atoms with Crippen LogP contribution in [0.15, 0.2) is 0 Å². The largest absolute Gasteiger partial charge is 0.329 e. The predicted octanol–water partition coefficient (Wildman–Crippen LogP) is -0.0151. The number of nitrogens with two attached hydrogens (primary N) is 1. The minimum absolute atomic E-state index is 0.184. The van der Waals surface area contributed by atoms with Crippen molar-refractivity contribution in [2.75, 3.05) is 33.7 Å². The van der Waals surface area contributed by atoms with Gasteiger partial charge in [-0.3, -0.25) is 0 Å². The van der Waals surface area contributed by atoms with Crippen LogP contribution in [0.5, 0.6) is 0 Å². The summed E-state index contributed by atoms with van der Waals surface area (Å²) in [6.45, 7) is 3.51. The summed E-state index contributed by atoms with van der Waals surface area (Å²) in [4.78, 5) is 2.09. The third kappa shape index (κ3) is 6.42. The first-order valence-corrected chi connectivity index (χ1v) is 7.32. The van der Waals surface area contributed by atoms with Crippen LogP contribution in [0.25, 0.3) is 0 Å². The van der Waals surface area contributed by atoms with Crippen molar-refractivity contribution in [1.82, 2.24) is 9.62 Å². The number of rotatable bonds is 9. The Morgan fingerprint density at radius 2 is 1.94 bits per heavy atom. The van der Waals surface area contributed by atoms with Gasteiger partial charge in [0.05, 0.1) is 5.25 Å². The molecule has 0 bridgehead atoms. The van der Waals surface area contributed by atoms with Gasteiger partial charge in [-0.15, -0.1) is 0 Å². The molecule has 16 heavy (non-hydrogen) atoms. The van der Waals surface area contributed by atoms with E-state index in [0.717, 1.165) is 19.4 Å². The normalized spacial score (nSPS) is 14.3. The number of hydrogen-bond acceptors (Lipinski definition) is 4. The van der Waals surface area contributed by atoms with Gasteiger partial charge in [-0.2, -0.15) is 0 Å². The van der Waals surface area contributed by atoms with Crippen molar-refractivity contribution in [1.29, 1.82) is 0 Å². The van der Waals surface area contributed by atoms with Crippen molar-refractivity contribution in [3.63, 3.8) is 0 Å². The summed E-state index contributed by atoms with van der Waals surface area (Å²) in [5.41, 5.74) is 5.41. The fraction of sp³-hybridized carbons (Fsp3) is 1.00. The molecule has 0 aliphatic heterocycles. The van der Waals surface area contributed by atoms with Crippen LogP contribution in [0.1, 0.15) is 26.2 Å². The topological polar surface area (TPSA) is 75.4 Å². The first-order chi connectivity index (χ1) is 7.44. The maximum absolute atomic E-state index is 11.7. The Hall–Kier alpha value is -0.170. The highest BCUT2D eigenvalue weighted by molar-refractivity contribution is 7.90. The molecule has 1 atom stereocenters. The molecule has 0 aromatic heterocycles. The second-order valence-corrected chi connectivity index (χ2v) is 6.26. The van der Waals surface area contributed by atoms with Crippen LogP contribution in [0.2, 0.25) is 0 Å². The van der Waals surface area contributed by atoms with E-state index in [1.165, 1.54) is 0 Å². The average Bonchev–Trinajstić information content (AvgIpc) is 2.17. The molecule has 0 aromatic carbocycles. The minimum atomic E-state index is -3.21. The molecule has 5 nitrogen and oxygen atoms in total. The van der Waals surface area contributed by atoms with Gasteiger partial charge in [0, 0.05) is 13.1 Å². The Morgan fingerprint density at radius 1 is 1.31 bits per heavy atom. The Labute approximate surface area is 99.4 Å². The third-order valence-corrected chi connectivity index (χ3v) is 4.50. The van der Waals surface area contributed by atoms with E-state index in [0.29, 0.717) is 13.0 Å². The van der Waals surface area contributed by atoms with Crippen LogP contribution in [-0.4, -0.2) is 52.3 Å². The standard InChI is InChI=1S/C10H25N3O2S/c1-4-10(9-11)16(14,15)12-7-5-6-8-13(2)3/h10,12H,4-9,11H2,1-3H3. The summed E-state index contributed by atoms with van der Waals surface area (Å²) in [7, 11) is 0.800. The van der Waals surface area contributed by atoms with Crippen molar-refractivity contribution in [2.24, 2.45) is 5.73 Å². The molecule has 0 rings (SSSR count). The Bertz CT molecular complexity index is 261. The molecule has 0 heterocycles. The van der Waals surface area contributed by atoms with Crippen LogP contribution in [0.4, 0.5) is 0 Å². The summed E-state index contributed by atoms with van der Waals surface area (Å²) in [5.74, 6) is 0. The molecule has 98 valence electrons. The third-order valence-electron chi connectivity index (χ3n) is 2.49. The van der Waals surface area contributed by atoms with Crippen molar-refractivity contribution < 1.29 is 8.42 Å². The first kappa shape index (κ1) is 15.8. The molecule has 0 aliphatic rings. The minimum Gasteiger partial charge on any atom is -0.329 e. The van der Waals surface area contributed by atoms with Gasteiger partial charge in [-0.25, -0.2) is 13.1 Å². The lowest BCUT2D eigenvalue weighted by atomic mass is 10.3. The van der Waals surface area contributed by atoms with Gasteiger partial charge in [0.2, 0.25) is 10.0 Å². The number of nitrogens with one attached hydrogen (secondary N) is 1. The molecule has 0 aliphatic carbocycles. The zero-order valence-electron chi connectivity index (χ0n) is 10.6. The number of sulfonamides is 1. The van der Waals surface area contributed by atoms with Crippen LogP contribution in [0, 0.1) is 0 Å². The van der Waals surface area contributed by atoms with Crippen molar-refractivity contribution in [3.05, 3.63) is 0 Å². The van der Waals surface area contributed by atoms with E-state index in [-0.39, 0.29) is 6.54 Å². The maximum atomic E-state index is 11.7. The van der Waals surface area contributed by atoms with E-state index < -0.39 is 15.3 Å². The highest BCUT2D eigenvalue weighted by Crippen LogP contribution is 2.02. The van der Waals surface area contributed by atoms with Crippen molar-refractivity contribution in [3.8, 4) is 0 Å². The summed E-state index contributed by atoms with van der Waals surface area (Å²) >= 11 is 0. The fourth-order valence-electron chi connectivity index (χ4n) is 1.40. The van der Waals surface area contributed by atoms with E-state index in [1.54, 1.807) is 0 Å². The summed E-state index contributed by atoms with van der Waals surface area (Å²) in [6, 6.07) is 0. The summed E-state index contributed by atoms with van der Waals surface area (Å²) in [5, 5.41) is -0.457. The zero-order chi connectivity index (χ0) is 12.6. The molecular formula is C10H25N3O2S. The van der Waals surface area contributed by atoms with Crippen molar-refractivity contribution >= 4 is 10.0 Å². The lowest BCUT2D eigenvalue weighted by Crippen LogP contribution is -2.39. The molecule has 6 heteroatoms. The van der Waals surface area contributed by atoms with E-state index in [2.05, 4.69) is 9.62 Å². The zero-order valence-corrected chi connectivity index (χ0v) is 11.4. The summed E-state index contributed by atoms with van der Waals surface area (Å²) < 4.78 is 26.0. The smallest absolute Gasteiger partial charge is 0.215 e. The van der Waals surface area contributed by atoms with E-state index in [1.807, 2.05) is 21.0 Å². The highest BCUT2D eigenvalue weighted by atomic mass is 32.2. The van der Waals surface area contributed by atoms with E-state index >= 15 is 0 Å². The first-order valence-electron chi connectivity index (χ1n) is 5.77. The Kier molecular flexibility index (Phi) is 7.91. The SMILES string of the molecule is CCC(CN)S(=O)(=O)NCCCCN(C)C. The van der Waals surface area contributed by atoms with E-state index in [4.69, 9.17) is 5.73 Å². The van der Waals surface area contributed by atoms with Gasteiger partial charge in [-0.05, 0) is 39.9 Å². The van der Waals surface area contributed by atoms with Crippen LogP contribution >= 0.6 is 0 Å². The molecule has 0 spiro atoms. The van der Waals surface area contributed by atoms with Gasteiger partial charge in [0.25, 0.3) is 0 Å². The van der Waals surface area contributed by atoms with Gasteiger partial charge >= 0.3 is 0 Å². The monoisotopic (exact) mass is 251 g/mol. The summed E-state index contributed by atoms with van der Waals surface area (Å²) in [6.07, 6.45) is 2.41. The lowest BCUT2D eigenvalue weighted by molar-refractivity contribution is 0.394. The molecular weight excluding hydrogens is 226 g/mol. The molecule has 0 aromatic rings. The number of unbranched alkanes of at least 4 members (excludes halogenated alkanes) is 1. The van der Waals surface area contributed by atoms with Gasteiger partial charge in [-0.1, -0.05) is 6.92 Å². The highest BCUT2D eigenvalue weighted by Gasteiger charge is 2.20. The second-order valence-electron chi connectivity index (χ2n) is 4.22. The van der Waals surface area contributed by atoms with Gasteiger partial charge in [0.1, 0.15) is 0 Å². The fourth-order valence-corrected chi connectivity index (χ4v) is 2.75. The van der Waals surface area contributed by atoms with Crippen LogP contribution < -0.4 is 10.5 Å². The maximum Gasteiger partial charge on any atom is 0.215 e. The Balaban J connectivity index is 3.83. The van der Waals surface area contributed by atoms with Gasteiger partial charge in [0.15, 0.2) is 0 Å². The predicted molar refractivity (Wildman–Crippen MR) is 67.8 cm³/mol. The molecule has 1 unspecified atom stereocenters. The molecule has 0 saturated heterocycles. The second kappa shape index (κ2) is 8.00. The number of hydrogen-bond donors (Lipinski definition) is 2. The van der Waals surface area contributed by atoms with Gasteiger partial charge < -0.3 is 10.6 Å². The molecule has 0 amide bonds.